The Balaban J connectivity index is 1.60. The molecule has 5 rings (SSSR count). The van der Waals surface area contributed by atoms with Crippen molar-refractivity contribution in [2.75, 3.05) is 0 Å². The zero-order valence-corrected chi connectivity index (χ0v) is 21.6. The highest BCUT2D eigenvalue weighted by Gasteiger charge is 2.18. The maximum Gasteiger partial charge on any atom is 0.0649 e. The Morgan fingerprint density at radius 3 is 2.03 bits per heavy atom. The van der Waals surface area contributed by atoms with Gasteiger partial charge in [-0.05, 0) is 68.1 Å². The van der Waals surface area contributed by atoms with Gasteiger partial charge in [-0.3, -0.25) is 0 Å². The molecular weight excluding hydrogens is 426 g/mol. The molecule has 2 aromatic heterocycles. The van der Waals surface area contributed by atoms with E-state index in [1.54, 1.807) is 0 Å². The van der Waals surface area contributed by atoms with Gasteiger partial charge in [0, 0.05) is 33.5 Å². The maximum absolute atomic E-state index is 4.64. The van der Waals surface area contributed by atoms with Gasteiger partial charge in [0.25, 0.3) is 0 Å². The summed E-state index contributed by atoms with van der Waals surface area (Å²) in [6.07, 6.45) is 7.52. The van der Waals surface area contributed by atoms with Gasteiger partial charge in [-0.2, -0.15) is 5.10 Å². The Kier molecular flexibility index (Phi) is 6.77. The van der Waals surface area contributed by atoms with Crippen molar-refractivity contribution in [3.63, 3.8) is 0 Å². The average Bonchev–Trinajstić information content (AvgIpc) is 3.40. The predicted octanol–water partition coefficient (Wildman–Crippen LogP) is 9.19. The van der Waals surface area contributed by atoms with Crippen LogP contribution in [0.2, 0.25) is 0 Å². The van der Waals surface area contributed by atoms with Crippen LogP contribution in [0.1, 0.15) is 69.8 Å². The number of hydrogen-bond donors (Lipinski definition) is 0. The Labute approximate surface area is 209 Å². The number of rotatable bonds is 9. The smallest absolute Gasteiger partial charge is 0.0649 e. The molecule has 0 amide bonds. The summed E-state index contributed by atoms with van der Waals surface area (Å²) in [6, 6.07) is 27.5. The molecule has 0 bridgehead atoms. The first-order valence-electron chi connectivity index (χ1n) is 13.3. The Morgan fingerprint density at radius 1 is 0.714 bits per heavy atom. The lowest BCUT2D eigenvalue weighted by atomic mass is 10.0. The molecule has 3 nitrogen and oxygen atoms in total. The van der Waals surface area contributed by atoms with Gasteiger partial charge in [0.2, 0.25) is 0 Å². The van der Waals surface area contributed by atoms with Gasteiger partial charge in [0.05, 0.1) is 11.4 Å². The topological polar surface area (TPSA) is 22.8 Å². The van der Waals surface area contributed by atoms with E-state index in [4.69, 9.17) is 0 Å². The van der Waals surface area contributed by atoms with E-state index in [-0.39, 0.29) is 0 Å². The SMILES string of the molecule is CCCCC(CCCC)n1c2ccccc2c2ccc(-c3ccc(-n4nc(C)cc4C)cc3)cc21. The molecule has 0 aliphatic rings. The number of aryl methyl sites for hydroxylation is 2. The summed E-state index contributed by atoms with van der Waals surface area (Å²) in [6.45, 7) is 8.75. The lowest BCUT2D eigenvalue weighted by Crippen LogP contribution is -2.09. The molecule has 0 atom stereocenters. The first-order valence-corrected chi connectivity index (χ1v) is 13.3. The van der Waals surface area contributed by atoms with Crippen LogP contribution in [-0.2, 0) is 0 Å². The molecule has 0 radical (unpaired) electrons. The van der Waals surface area contributed by atoms with Gasteiger partial charge in [-0.15, -0.1) is 0 Å². The highest BCUT2D eigenvalue weighted by molar-refractivity contribution is 6.09. The largest absolute Gasteiger partial charge is 0.337 e. The van der Waals surface area contributed by atoms with Crippen LogP contribution in [0.15, 0.2) is 72.8 Å². The molecule has 0 fully saturated rings. The Hall–Kier alpha value is -3.33. The standard InChI is InChI=1S/C32H37N3/c1-5-7-11-27(12-8-6-2)34-31-14-10-9-13-29(31)30-20-17-26(22-32(30)34)25-15-18-28(19-16-25)35-24(4)21-23(3)33-35/h9-10,13-22,27H,5-8,11-12H2,1-4H3. The molecule has 35 heavy (non-hydrogen) atoms. The highest BCUT2D eigenvalue weighted by Crippen LogP contribution is 2.37. The molecule has 3 aromatic carbocycles. The second-order valence-corrected chi connectivity index (χ2v) is 9.94. The second kappa shape index (κ2) is 10.1. The molecule has 0 aliphatic heterocycles. The highest BCUT2D eigenvalue weighted by atomic mass is 15.3. The van der Waals surface area contributed by atoms with Crippen molar-refractivity contribution in [2.45, 2.75) is 72.3 Å². The third-order valence-electron chi connectivity index (χ3n) is 7.31. The molecular formula is C32H37N3. The Morgan fingerprint density at radius 2 is 1.37 bits per heavy atom. The van der Waals surface area contributed by atoms with E-state index in [1.165, 1.54) is 71.5 Å². The van der Waals surface area contributed by atoms with Gasteiger partial charge in [0.15, 0.2) is 0 Å². The zero-order valence-electron chi connectivity index (χ0n) is 21.6. The van der Waals surface area contributed by atoms with Crippen LogP contribution < -0.4 is 0 Å². The van der Waals surface area contributed by atoms with Crippen LogP contribution in [-0.4, -0.2) is 14.3 Å². The van der Waals surface area contributed by atoms with E-state index in [0.29, 0.717) is 6.04 Å². The number of hydrogen-bond acceptors (Lipinski definition) is 1. The summed E-state index contributed by atoms with van der Waals surface area (Å²) in [7, 11) is 0. The maximum atomic E-state index is 4.64. The molecule has 0 saturated heterocycles. The third kappa shape index (κ3) is 4.52. The van der Waals surface area contributed by atoms with E-state index >= 15 is 0 Å². The van der Waals surface area contributed by atoms with Crippen LogP contribution in [0.5, 0.6) is 0 Å². The van der Waals surface area contributed by atoms with Crippen LogP contribution in [0.4, 0.5) is 0 Å². The summed E-state index contributed by atoms with van der Waals surface area (Å²) in [5.41, 5.74) is 8.56. The lowest BCUT2D eigenvalue weighted by molar-refractivity contribution is 0.427. The van der Waals surface area contributed by atoms with Crippen molar-refractivity contribution < 1.29 is 0 Å². The minimum Gasteiger partial charge on any atom is -0.337 e. The molecule has 0 saturated carbocycles. The monoisotopic (exact) mass is 463 g/mol. The number of para-hydroxylation sites is 1. The summed E-state index contributed by atoms with van der Waals surface area (Å²) in [5.74, 6) is 0. The number of unbranched alkanes of at least 4 members (excludes halogenated alkanes) is 2. The van der Waals surface area contributed by atoms with E-state index in [9.17, 15) is 0 Å². The predicted molar refractivity (Wildman–Crippen MR) is 150 cm³/mol. The zero-order chi connectivity index (χ0) is 24.4. The van der Waals surface area contributed by atoms with Crippen molar-refractivity contribution in [2.24, 2.45) is 0 Å². The molecule has 0 spiro atoms. The molecule has 0 aliphatic carbocycles. The summed E-state index contributed by atoms with van der Waals surface area (Å²) in [4.78, 5) is 0. The molecule has 5 aromatic rings. The lowest BCUT2D eigenvalue weighted by Gasteiger charge is -2.21. The second-order valence-electron chi connectivity index (χ2n) is 9.94. The van der Waals surface area contributed by atoms with Gasteiger partial charge in [-0.25, -0.2) is 4.68 Å². The summed E-state index contributed by atoms with van der Waals surface area (Å²) in [5, 5.41) is 7.37. The van der Waals surface area contributed by atoms with E-state index in [1.807, 2.05) is 11.6 Å². The van der Waals surface area contributed by atoms with Crippen LogP contribution >= 0.6 is 0 Å². The fourth-order valence-electron chi connectivity index (χ4n) is 5.54. The van der Waals surface area contributed by atoms with E-state index in [0.717, 1.165) is 17.1 Å². The van der Waals surface area contributed by atoms with Crippen molar-refractivity contribution in [3.8, 4) is 16.8 Å². The van der Waals surface area contributed by atoms with Crippen LogP contribution in [0.25, 0.3) is 38.6 Å². The third-order valence-corrected chi connectivity index (χ3v) is 7.31. The molecule has 180 valence electrons. The summed E-state index contributed by atoms with van der Waals surface area (Å²) >= 11 is 0. The van der Waals surface area contributed by atoms with Gasteiger partial charge in [0.1, 0.15) is 0 Å². The van der Waals surface area contributed by atoms with Crippen LogP contribution in [0.3, 0.4) is 0 Å². The molecule has 0 unspecified atom stereocenters. The van der Waals surface area contributed by atoms with Crippen molar-refractivity contribution >= 4 is 21.8 Å². The first kappa shape index (κ1) is 23.4. The van der Waals surface area contributed by atoms with Crippen molar-refractivity contribution in [1.29, 1.82) is 0 Å². The average molecular weight is 464 g/mol. The minimum absolute atomic E-state index is 0.543. The van der Waals surface area contributed by atoms with Crippen molar-refractivity contribution in [3.05, 3.63) is 84.2 Å². The van der Waals surface area contributed by atoms with Crippen LogP contribution in [0, 0.1) is 13.8 Å². The molecule has 0 N–H and O–H groups in total. The van der Waals surface area contributed by atoms with E-state index < -0.39 is 0 Å². The van der Waals surface area contributed by atoms with Crippen molar-refractivity contribution in [1.82, 2.24) is 14.3 Å². The molecule has 2 heterocycles. The fourth-order valence-corrected chi connectivity index (χ4v) is 5.54. The molecule has 3 heteroatoms. The fraction of sp³-hybridized carbons (Fsp3) is 0.344. The normalized spacial score (nSPS) is 11.8. The number of aromatic nitrogens is 3. The Bertz CT molecular complexity index is 1430. The number of benzene rings is 3. The van der Waals surface area contributed by atoms with Gasteiger partial charge >= 0.3 is 0 Å². The number of nitrogens with zero attached hydrogens (tertiary/aromatic N) is 3. The van der Waals surface area contributed by atoms with E-state index in [2.05, 4.69) is 103 Å². The number of fused-ring (bicyclic) bond motifs is 3. The van der Waals surface area contributed by atoms with Gasteiger partial charge < -0.3 is 4.57 Å². The first-order chi connectivity index (χ1) is 17.1. The minimum atomic E-state index is 0.543. The quantitative estimate of drug-likeness (QED) is 0.214. The van der Waals surface area contributed by atoms with Gasteiger partial charge in [-0.1, -0.05) is 82.0 Å². The summed E-state index contributed by atoms with van der Waals surface area (Å²) < 4.78 is 4.68.